The van der Waals surface area contributed by atoms with Crippen molar-refractivity contribution in [1.82, 2.24) is 4.98 Å². The quantitative estimate of drug-likeness (QED) is 0.183. The normalized spacial score (nSPS) is 17.0. The molecule has 0 N–H and O–H groups in total. The van der Waals surface area contributed by atoms with Gasteiger partial charge in [0.1, 0.15) is 0 Å². The first-order valence-corrected chi connectivity index (χ1v) is 18.4. The number of benzene rings is 6. The highest BCUT2D eigenvalue weighted by Gasteiger charge is 2.47. The van der Waals surface area contributed by atoms with Gasteiger partial charge in [-0.25, -0.2) is 8.42 Å². The Balaban J connectivity index is 1.31. The summed E-state index contributed by atoms with van der Waals surface area (Å²) in [6.07, 6.45) is 3.82. The Morgan fingerprint density at radius 3 is 1.86 bits per heavy atom. The largest absolute Gasteiger partial charge is 0.310 e. The van der Waals surface area contributed by atoms with Crippen molar-refractivity contribution >= 4 is 26.9 Å². The van der Waals surface area contributed by atoms with Crippen LogP contribution in [0, 0.1) is 0 Å². The molecule has 0 spiro atoms. The Labute approximate surface area is 293 Å². The number of pyridine rings is 1. The number of hydrogen-bond donors (Lipinski definition) is 0. The van der Waals surface area contributed by atoms with Crippen LogP contribution in [0.2, 0.25) is 0 Å². The first kappa shape index (κ1) is 30.3. The fourth-order valence-electron chi connectivity index (χ4n) is 8.33. The van der Waals surface area contributed by atoms with E-state index in [1.807, 2.05) is 30.6 Å². The first-order valence-electron chi connectivity index (χ1n) is 16.9. The predicted octanol–water partition coefficient (Wildman–Crippen LogP) is 10.4. The molecule has 242 valence electrons. The van der Waals surface area contributed by atoms with E-state index in [0.717, 1.165) is 44.8 Å². The monoisotopic (exact) mass is 666 g/mol. The lowest BCUT2D eigenvalue weighted by atomic mass is 9.65. The zero-order valence-corrected chi connectivity index (χ0v) is 28.6. The molecule has 1 atom stereocenters. The topological polar surface area (TPSA) is 50.3 Å². The molecule has 2 aliphatic rings. The van der Waals surface area contributed by atoms with Crippen LogP contribution in [-0.2, 0) is 20.7 Å². The average molecular weight is 667 g/mol. The molecule has 1 unspecified atom stereocenters. The minimum atomic E-state index is -3.69. The number of fused-ring (bicyclic) bond motifs is 5. The van der Waals surface area contributed by atoms with Crippen LogP contribution >= 0.6 is 0 Å². The standard InChI is InChI=1S/C45H34N2O2S/c1-44(2)40-19-11-12-20-42(40)47(33-13-5-3-6-14-33)43-26-23-32(29-41(43)44)45(38-18-10-9-17-36(38)37-30-46-28-27-39(37)45)31-21-24-35(25-22-31)50(48,49)34-15-7-4-8-16-34/h3-30H,1-2H3. The van der Waals surface area contributed by atoms with Gasteiger partial charge in [-0.3, -0.25) is 4.98 Å². The summed E-state index contributed by atoms with van der Waals surface area (Å²) < 4.78 is 27.4. The van der Waals surface area contributed by atoms with Gasteiger partial charge in [-0.1, -0.05) is 117 Å². The summed E-state index contributed by atoms with van der Waals surface area (Å²) in [7, 11) is -3.69. The number of aromatic nitrogens is 1. The second-order valence-corrected chi connectivity index (χ2v) is 15.6. The summed E-state index contributed by atoms with van der Waals surface area (Å²) in [6.45, 7) is 4.63. The molecule has 1 aliphatic heterocycles. The maximum absolute atomic E-state index is 13.7. The Kier molecular flexibility index (Phi) is 6.74. The summed E-state index contributed by atoms with van der Waals surface area (Å²) in [5, 5.41) is 0. The van der Waals surface area contributed by atoms with Gasteiger partial charge >= 0.3 is 0 Å². The first-order chi connectivity index (χ1) is 24.3. The molecule has 1 aromatic heterocycles. The second-order valence-electron chi connectivity index (χ2n) is 13.6. The van der Waals surface area contributed by atoms with Gasteiger partial charge in [0.15, 0.2) is 0 Å². The van der Waals surface area contributed by atoms with Gasteiger partial charge in [0.25, 0.3) is 0 Å². The summed E-state index contributed by atoms with van der Waals surface area (Å²) in [6, 6.07) is 53.0. The van der Waals surface area contributed by atoms with Crippen molar-refractivity contribution in [3.63, 3.8) is 0 Å². The van der Waals surface area contributed by atoms with Crippen LogP contribution in [0.25, 0.3) is 11.1 Å². The summed E-state index contributed by atoms with van der Waals surface area (Å²) >= 11 is 0. The summed E-state index contributed by atoms with van der Waals surface area (Å²) in [4.78, 5) is 7.49. The molecule has 0 amide bonds. The van der Waals surface area contributed by atoms with E-state index in [0.29, 0.717) is 0 Å². The van der Waals surface area contributed by atoms with Crippen LogP contribution in [-0.4, -0.2) is 13.4 Å². The highest BCUT2D eigenvalue weighted by atomic mass is 32.2. The Morgan fingerprint density at radius 2 is 1.10 bits per heavy atom. The van der Waals surface area contributed by atoms with Crippen LogP contribution in [0.15, 0.2) is 180 Å². The van der Waals surface area contributed by atoms with E-state index < -0.39 is 15.3 Å². The average Bonchev–Trinajstić information content (AvgIpc) is 3.47. The third kappa shape index (κ3) is 4.23. The molecule has 1 aliphatic carbocycles. The van der Waals surface area contributed by atoms with Gasteiger partial charge in [-0.05, 0) is 93.5 Å². The van der Waals surface area contributed by atoms with Gasteiger partial charge in [-0.15, -0.1) is 0 Å². The zero-order valence-electron chi connectivity index (χ0n) is 27.8. The second kappa shape index (κ2) is 11.1. The van der Waals surface area contributed by atoms with E-state index >= 15 is 0 Å². The number of sulfone groups is 1. The predicted molar refractivity (Wildman–Crippen MR) is 200 cm³/mol. The van der Waals surface area contributed by atoms with E-state index in [4.69, 9.17) is 0 Å². The number of anilines is 3. The van der Waals surface area contributed by atoms with E-state index in [1.165, 1.54) is 16.8 Å². The molecular formula is C45H34N2O2S. The van der Waals surface area contributed by atoms with Crippen LogP contribution in [0.1, 0.15) is 47.2 Å². The number of para-hydroxylation sites is 2. The SMILES string of the molecule is CC1(C)c2ccccc2N(c2ccccc2)c2ccc(C3(c4ccc(S(=O)(=O)c5ccccc5)cc4)c4ccccc4-c4cnccc43)cc21. The van der Waals surface area contributed by atoms with Crippen molar-refractivity contribution in [2.24, 2.45) is 0 Å². The highest BCUT2D eigenvalue weighted by molar-refractivity contribution is 7.91. The molecule has 0 saturated carbocycles. The fourth-order valence-corrected chi connectivity index (χ4v) is 9.61. The maximum Gasteiger partial charge on any atom is 0.206 e. The Bertz CT molecular complexity index is 2480. The van der Waals surface area contributed by atoms with E-state index in [9.17, 15) is 8.42 Å². The molecule has 0 fully saturated rings. The minimum absolute atomic E-state index is 0.269. The summed E-state index contributed by atoms with van der Waals surface area (Å²) in [5.74, 6) is 0. The van der Waals surface area contributed by atoms with Gasteiger partial charge < -0.3 is 4.90 Å². The van der Waals surface area contributed by atoms with Crippen LogP contribution < -0.4 is 4.90 Å². The molecule has 0 radical (unpaired) electrons. The molecule has 7 aromatic rings. The number of hydrogen-bond acceptors (Lipinski definition) is 4. The summed E-state index contributed by atoms with van der Waals surface area (Å²) in [5.41, 5.74) is 11.5. The van der Waals surface area contributed by atoms with Crippen LogP contribution in [0.3, 0.4) is 0 Å². The molecule has 5 heteroatoms. The van der Waals surface area contributed by atoms with Crippen LogP contribution in [0.5, 0.6) is 0 Å². The van der Waals surface area contributed by atoms with E-state index in [2.05, 4.69) is 127 Å². The van der Waals surface area contributed by atoms with Crippen molar-refractivity contribution < 1.29 is 8.42 Å². The minimum Gasteiger partial charge on any atom is -0.310 e. The van der Waals surface area contributed by atoms with Gasteiger partial charge in [0.05, 0.1) is 26.6 Å². The molecule has 9 rings (SSSR count). The molecule has 50 heavy (non-hydrogen) atoms. The molecule has 2 heterocycles. The van der Waals surface area contributed by atoms with Gasteiger partial charge in [0, 0.05) is 29.1 Å². The van der Waals surface area contributed by atoms with Crippen molar-refractivity contribution in [1.29, 1.82) is 0 Å². The fraction of sp³-hybridized carbons (Fsp3) is 0.0889. The van der Waals surface area contributed by atoms with Gasteiger partial charge in [-0.2, -0.15) is 0 Å². The lowest BCUT2D eigenvalue weighted by Gasteiger charge is -2.43. The number of nitrogens with zero attached hydrogens (tertiary/aromatic N) is 2. The molecular weight excluding hydrogens is 633 g/mol. The highest BCUT2D eigenvalue weighted by Crippen LogP contribution is 2.58. The van der Waals surface area contributed by atoms with Crippen molar-refractivity contribution in [2.45, 2.75) is 34.5 Å². The molecule has 6 aromatic carbocycles. The number of rotatable bonds is 5. The lowest BCUT2D eigenvalue weighted by Crippen LogP contribution is -2.33. The third-order valence-electron chi connectivity index (χ3n) is 10.7. The molecule has 0 bridgehead atoms. The van der Waals surface area contributed by atoms with Crippen molar-refractivity contribution in [3.05, 3.63) is 203 Å². The molecule has 4 nitrogen and oxygen atoms in total. The Hall–Kier alpha value is -5.78. The smallest absolute Gasteiger partial charge is 0.206 e. The van der Waals surface area contributed by atoms with Crippen LogP contribution in [0.4, 0.5) is 17.1 Å². The Morgan fingerprint density at radius 1 is 0.520 bits per heavy atom. The zero-order chi connectivity index (χ0) is 34.1. The van der Waals surface area contributed by atoms with Crippen molar-refractivity contribution in [2.75, 3.05) is 4.90 Å². The third-order valence-corrected chi connectivity index (χ3v) is 12.5. The maximum atomic E-state index is 13.7. The van der Waals surface area contributed by atoms with Gasteiger partial charge in [0.2, 0.25) is 9.84 Å². The molecule has 0 saturated heterocycles. The van der Waals surface area contributed by atoms with E-state index in [-0.39, 0.29) is 15.2 Å². The van der Waals surface area contributed by atoms with E-state index in [1.54, 1.807) is 36.4 Å². The van der Waals surface area contributed by atoms with Crippen molar-refractivity contribution in [3.8, 4) is 11.1 Å². The lowest BCUT2D eigenvalue weighted by molar-refractivity contribution is 0.596.